The van der Waals surface area contributed by atoms with Crippen molar-refractivity contribution in [2.24, 2.45) is 17.6 Å². The van der Waals surface area contributed by atoms with Gasteiger partial charge in [0.25, 0.3) is 0 Å². The van der Waals surface area contributed by atoms with Gasteiger partial charge in [0.1, 0.15) is 0 Å². The molecule has 2 N–H and O–H groups in total. The highest BCUT2D eigenvalue weighted by Crippen LogP contribution is 2.28. The first-order valence-electron chi connectivity index (χ1n) is 7.72. The first-order valence-corrected chi connectivity index (χ1v) is 8.51. The molecule has 1 aliphatic rings. The summed E-state index contributed by atoms with van der Waals surface area (Å²) in [6, 6.07) is 9.18. The van der Waals surface area contributed by atoms with Crippen molar-refractivity contribution in [2.75, 3.05) is 13.1 Å². The molecule has 4 unspecified atom stereocenters. The molecule has 1 fully saturated rings. The normalized spacial score (nSPS) is 29.4. The van der Waals surface area contributed by atoms with E-state index in [2.05, 4.69) is 59.8 Å². The van der Waals surface area contributed by atoms with Gasteiger partial charge in [-0.25, -0.2) is 0 Å². The van der Waals surface area contributed by atoms with E-state index >= 15 is 0 Å². The van der Waals surface area contributed by atoms with E-state index < -0.39 is 0 Å². The molecular formula is C17H27BrN2. The third-order valence-electron chi connectivity index (χ3n) is 4.72. The van der Waals surface area contributed by atoms with Crippen LogP contribution < -0.4 is 5.73 Å². The largest absolute Gasteiger partial charge is 0.324 e. The lowest BCUT2D eigenvalue weighted by molar-refractivity contribution is 0.0770. The highest BCUT2D eigenvalue weighted by molar-refractivity contribution is 9.10. The van der Waals surface area contributed by atoms with Crippen LogP contribution >= 0.6 is 15.9 Å². The van der Waals surface area contributed by atoms with Crippen molar-refractivity contribution in [1.29, 1.82) is 0 Å². The number of likely N-dealkylation sites (tertiary alicyclic amines) is 1. The van der Waals surface area contributed by atoms with Crippen LogP contribution in [0, 0.1) is 11.8 Å². The van der Waals surface area contributed by atoms with Crippen LogP contribution in [0.2, 0.25) is 0 Å². The minimum Gasteiger partial charge on any atom is -0.324 e. The average Bonchev–Trinajstić information content (AvgIpc) is 2.40. The molecule has 0 bridgehead atoms. The van der Waals surface area contributed by atoms with E-state index in [1.54, 1.807) is 0 Å². The molecule has 1 aliphatic heterocycles. The maximum Gasteiger partial charge on any atom is 0.0307 e. The van der Waals surface area contributed by atoms with E-state index in [1.165, 1.54) is 18.5 Å². The topological polar surface area (TPSA) is 29.3 Å². The fourth-order valence-corrected chi connectivity index (χ4v) is 3.75. The molecule has 2 rings (SSSR count). The maximum absolute atomic E-state index is 6.35. The average molecular weight is 339 g/mol. The Bertz CT molecular complexity index is 435. The number of piperidine rings is 1. The quantitative estimate of drug-likeness (QED) is 0.891. The van der Waals surface area contributed by atoms with Crippen LogP contribution in [0.1, 0.15) is 45.2 Å². The molecule has 0 aliphatic carbocycles. The molecule has 20 heavy (non-hydrogen) atoms. The summed E-state index contributed by atoms with van der Waals surface area (Å²) in [7, 11) is 0. The molecule has 0 aromatic heterocycles. The zero-order valence-corrected chi connectivity index (χ0v) is 14.4. The lowest BCUT2D eigenvalue weighted by Crippen LogP contribution is -2.46. The van der Waals surface area contributed by atoms with Gasteiger partial charge in [-0.3, -0.25) is 0 Å². The fourth-order valence-electron chi connectivity index (χ4n) is 3.34. The van der Waals surface area contributed by atoms with Crippen LogP contribution in [0.25, 0.3) is 0 Å². The molecule has 0 amide bonds. The highest BCUT2D eigenvalue weighted by atomic mass is 79.9. The molecule has 1 heterocycles. The van der Waals surface area contributed by atoms with Crippen molar-refractivity contribution in [3.05, 3.63) is 34.3 Å². The van der Waals surface area contributed by atoms with Crippen LogP contribution in [0.5, 0.6) is 0 Å². The Kier molecular flexibility index (Phi) is 5.65. The zero-order chi connectivity index (χ0) is 14.7. The number of nitrogens with two attached hydrogens (primary N) is 1. The minimum absolute atomic E-state index is 0.132. The maximum atomic E-state index is 6.35. The Hall–Kier alpha value is -0.380. The van der Waals surface area contributed by atoms with Crippen molar-refractivity contribution in [3.8, 4) is 0 Å². The van der Waals surface area contributed by atoms with Crippen molar-refractivity contribution in [1.82, 2.24) is 4.90 Å². The monoisotopic (exact) mass is 338 g/mol. The summed E-state index contributed by atoms with van der Waals surface area (Å²) in [5.41, 5.74) is 7.58. The SMILES string of the molecule is CC1CC(C)C(C)N(CCC(N)c2cccc(Br)c2)C1. The van der Waals surface area contributed by atoms with Crippen molar-refractivity contribution in [2.45, 2.75) is 45.7 Å². The van der Waals surface area contributed by atoms with E-state index in [9.17, 15) is 0 Å². The third-order valence-corrected chi connectivity index (χ3v) is 5.22. The lowest BCUT2D eigenvalue weighted by atomic mass is 9.85. The van der Waals surface area contributed by atoms with Crippen molar-refractivity contribution < 1.29 is 0 Å². The van der Waals surface area contributed by atoms with Crippen LogP contribution in [0.3, 0.4) is 0 Å². The van der Waals surface area contributed by atoms with E-state index in [1.807, 2.05) is 6.07 Å². The fraction of sp³-hybridized carbons (Fsp3) is 0.647. The summed E-state index contributed by atoms with van der Waals surface area (Å²) in [6.45, 7) is 9.42. The molecule has 1 saturated heterocycles. The second-order valence-electron chi connectivity index (χ2n) is 6.50. The van der Waals surface area contributed by atoms with Gasteiger partial charge in [0.05, 0.1) is 0 Å². The minimum atomic E-state index is 0.132. The molecule has 0 radical (unpaired) electrons. The van der Waals surface area contributed by atoms with E-state index in [0.29, 0.717) is 6.04 Å². The number of rotatable bonds is 4. The molecule has 4 atom stereocenters. The summed E-state index contributed by atoms with van der Waals surface area (Å²) in [4.78, 5) is 2.62. The van der Waals surface area contributed by atoms with Crippen molar-refractivity contribution in [3.63, 3.8) is 0 Å². The van der Waals surface area contributed by atoms with E-state index in [4.69, 9.17) is 5.73 Å². The highest BCUT2D eigenvalue weighted by Gasteiger charge is 2.28. The van der Waals surface area contributed by atoms with Crippen LogP contribution in [0.4, 0.5) is 0 Å². The Labute approximate surface area is 131 Å². The smallest absolute Gasteiger partial charge is 0.0307 e. The second-order valence-corrected chi connectivity index (χ2v) is 7.42. The Morgan fingerprint density at radius 2 is 2.10 bits per heavy atom. The van der Waals surface area contributed by atoms with Gasteiger partial charge in [0.15, 0.2) is 0 Å². The number of nitrogens with zero attached hydrogens (tertiary/aromatic N) is 1. The molecule has 1 aromatic carbocycles. The molecule has 2 nitrogen and oxygen atoms in total. The zero-order valence-electron chi connectivity index (χ0n) is 12.8. The number of halogens is 1. The van der Waals surface area contributed by atoms with E-state index in [-0.39, 0.29) is 6.04 Å². The summed E-state index contributed by atoms with van der Waals surface area (Å²) >= 11 is 3.52. The van der Waals surface area contributed by atoms with Crippen LogP contribution in [-0.4, -0.2) is 24.0 Å². The molecule has 0 saturated carbocycles. The van der Waals surface area contributed by atoms with E-state index in [0.717, 1.165) is 29.3 Å². The van der Waals surface area contributed by atoms with Gasteiger partial charge in [-0.1, -0.05) is 41.9 Å². The molecule has 3 heteroatoms. The van der Waals surface area contributed by atoms with Crippen LogP contribution in [-0.2, 0) is 0 Å². The second kappa shape index (κ2) is 7.06. The van der Waals surface area contributed by atoms with Gasteiger partial charge in [0.2, 0.25) is 0 Å². The number of benzene rings is 1. The predicted octanol–water partition coefficient (Wildman–Crippen LogP) is 4.21. The third kappa shape index (κ3) is 4.06. The standard InChI is InChI=1S/C17H27BrN2/c1-12-9-13(2)14(3)20(11-12)8-7-17(19)15-5-4-6-16(18)10-15/h4-6,10,12-14,17H,7-9,11,19H2,1-3H3. The first kappa shape index (κ1) is 16.0. The van der Waals surface area contributed by atoms with Crippen LogP contribution in [0.15, 0.2) is 28.7 Å². The Balaban J connectivity index is 1.91. The molecule has 1 aromatic rings. The van der Waals surface area contributed by atoms with Gasteiger partial charge < -0.3 is 10.6 Å². The molecular weight excluding hydrogens is 312 g/mol. The van der Waals surface area contributed by atoms with Gasteiger partial charge in [-0.15, -0.1) is 0 Å². The van der Waals surface area contributed by atoms with Gasteiger partial charge in [0, 0.05) is 29.6 Å². The molecule has 112 valence electrons. The summed E-state index contributed by atoms with van der Waals surface area (Å²) in [6.07, 6.45) is 2.38. The first-order chi connectivity index (χ1) is 9.47. The summed E-state index contributed by atoms with van der Waals surface area (Å²) in [5, 5.41) is 0. The molecule has 0 spiro atoms. The summed E-state index contributed by atoms with van der Waals surface area (Å²) in [5.74, 6) is 1.60. The van der Waals surface area contributed by atoms with Crippen molar-refractivity contribution >= 4 is 15.9 Å². The number of hydrogen-bond donors (Lipinski definition) is 1. The number of hydrogen-bond acceptors (Lipinski definition) is 2. The Morgan fingerprint density at radius 1 is 1.35 bits per heavy atom. The Morgan fingerprint density at radius 3 is 2.80 bits per heavy atom. The predicted molar refractivity (Wildman–Crippen MR) is 89.7 cm³/mol. The van der Waals surface area contributed by atoms with Gasteiger partial charge >= 0.3 is 0 Å². The van der Waals surface area contributed by atoms with Gasteiger partial charge in [-0.05, 0) is 49.3 Å². The van der Waals surface area contributed by atoms with Gasteiger partial charge in [-0.2, -0.15) is 0 Å². The summed E-state index contributed by atoms with van der Waals surface area (Å²) < 4.78 is 1.11. The lowest BCUT2D eigenvalue weighted by Gasteiger charge is -2.41.